The molecule has 0 aliphatic carbocycles. The number of carboxylic acid groups (broad SMARTS) is 1. The Morgan fingerprint density at radius 3 is 2.59 bits per heavy atom. The number of aliphatic hydroxyl groups is 1. The van der Waals surface area contributed by atoms with E-state index in [2.05, 4.69) is 0 Å². The van der Waals surface area contributed by atoms with Gasteiger partial charge in [-0.1, -0.05) is 36.7 Å². The molecule has 0 spiro atoms. The van der Waals surface area contributed by atoms with Crippen LogP contribution in [0.1, 0.15) is 25.3 Å². The Bertz CT molecular complexity index is 379. The maximum Gasteiger partial charge on any atom is 0.306 e. The van der Waals surface area contributed by atoms with Crippen LogP contribution in [0.2, 0.25) is 5.02 Å². The second-order valence-electron chi connectivity index (χ2n) is 4.13. The van der Waals surface area contributed by atoms with Gasteiger partial charge >= 0.3 is 5.97 Å². The minimum absolute atomic E-state index is 0.261. The normalized spacial score (nSPS) is 14.3. The number of carboxylic acids is 1. The number of carbonyl (C=O) groups is 1. The number of halogens is 1. The standard InChI is InChI=1S/C13H17ClO3/c1-2-11(15)8-10(13(16)17)7-9-5-3-4-6-12(9)14/h3-6,10-11,15H,2,7-8H2,1H3,(H,16,17). The van der Waals surface area contributed by atoms with Crippen molar-refractivity contribution in [2.24, 2.45) is 5.92 Å². The topological polar surface area (TPSA) is 57.5 Å². The van der Waals surface area contributed by atoms with E-state index in [1.807, 2.05) is 25.1 Å². The number of hydrogen-bond acceptors (Lipinski definition) is 2. The third-order valence-electron chi connectivity index (χ3n) is 2.80. The van der Waals surface area contributed by atoms with E-state index in [1.54, 1.807) is 6.07 Å². The van der Waals surface area contributed by atoms with E-state index in [9.17, 15) is 9.90 Å². The molecule has 0 aromatic heterocycles. The van der Waals surface area contributed by atoms with Crippen LogP contribution < -0.4 is 0 Å². The molecular formula is C13H17ClO3. The average molecular weight is 257 g/mol. The third kappa shape index (κ3) is 4.36. The largest absolute Gasteiger partial charge is 0.481 e. The molecule has 0 aliphatic heterocycles. The Labute approximate surface area is 106 Å². The van der Waals surface area contributed by atoms with Crippen LogP contribution >= 0.6 is 11.6 Å². The van der Waals surface area contributed by atoms with Crippen molar-refractivity contribution in [2.45, 2.75) is 32.3 Å². The van der Waals surface area contributed by atoms with E-state index in [0.717, 1.165) is 5.56 Å². The molecule has 1 aromatic carbocycles. The van der Waals surface area contributed by atoms with E-state index in [-0.39, 0.29) is 6.42 Å². The monoisotopic (exact) mass is 256 g/mol. The van der Waals surface area contributed by atoms with Crippen LogP contribution in [-0.2, 0) is 11.2 Å². The maximum atomic E-state index is 11.1. The molecule has 2 unspecified atom stereocenters. The molecule has 0 radical (unpaired) electrons. The SMILES string of the molecule is CCC(O)CC(Cc1ccccc1Cl)C(=O)O. The molecule has 3 nitrogen and oxygen atoms in total. The zero-order chi connectivity index (χ0) is 12.8. The van der Waals surface area contributed by atoms with Crippen LogP contribution in [0.4, 0.5) is 0 Å². The van der Waals surface area contributed by atoms with Gasteiger partial charge in [0.2, 0.25) is 0 Å². The number of aliphatic hydroxyl groups excluding tert-OH is 1. The lowest BCUT2D eigenvalue weighted by molar-refractivity contribution is -0.142. The predicted octanol–water partition coefficient (Wildman–Crippen LogP) is 2.74. The lowest BCUT2D eigenvalue weighted by Crippen LogP contribution is -2.22. The highest BCUT2D eigenvalue weighted by molar-refractivity contribution is 6.31. The minimum atomic E-state index is -0.891. The summed E-state index contributed by atoms with van der Waals surface area (Å²) in [6.07, 6.45) is 0.605. The molecule has 1 aromatic rings. The Morgan fingerprint density at radius 1 is 1.41 bits per heavy atom. The van der Waals surface area contributed by atoms with Crippen LogP contribution in [0.25, 0.3) is 0 Å². The van der Waals surface area contributed by atoms with Gasteiger partial charge in [-0.2, -0.15) is 0 Å². The van der Waals surface area contributed by atoms with E-state index < -0.39 is 18.0 Å². The van der Waals surface area contributed by atoms with Gasteiger partial charge in [0.1, 0.15) is 0 Å². The second-order valence-corrected chi connectivity index (χ2v) is 4.54. The first-order valence-electron chi connectivity index (χ1n) is 5.68. The molecule has 2 atom stereocenters. The van der Waals surface area contributed by atoms with Crippen molar-refractivity contribution in [1.82, 2.24) is 0 Å². The van der Waals surface area contributed by atoms with Crippen molar-refractivity contribution >= 4 is 17.6 Å². The van der Waals surface area contributed by atoms with Crippen molar-refractivity contribution in [1.29, 1.82) is 0 Å². The maximum absolute atomic E-state index is 11.1. The van der Waals surface area contributed by atoms with E-state index >= 15 is 0 Å². The Kier molecular flexibility index (Phi) is 5.45. The Morgan fingerprint density at radius 2 is 2.06 bits per heavy atom. The predicted molar refractivity (Wildman–Crippen MR) is 67.2 cm³/mol. The smallest absolute Gasteiger partial charge is 0.306 e. The first-order valence-corrected chi connectivity index (χ1v) is 6.06. The van der Waals surface area contributed by atoms with Crippen LogP contribution in [0.5, 0.6) is 0 Å². The van der Waals surface area contributed by atoms with Gasteiger partial charge < -0.3 is 10.2 Å². The summed E-state index contributed by atoms with van der Waals surface area (Å²) in [6.45, 7) is 1.83. The molecule has 17 heavy (non-hydrogen) atoms. The fourth-order valence-corrected chi connectivity index (χ4v) is 1.91. The van der Waals surface area contributed by atoms with E-state index in [4.69, 9.17) is 16.7 Å². The molecule has 0 saturated carbocycles. The van der Waals surface area contributed by atoms with Gasteiger partial charge in [0, 0.05) is 5.02 Å². The number of hydrogen-bond donors (Lipinski definition) is 2. The van der Waals surface area contributed by atoms with Crippen LogP contribution in [0, 0.1) is 5.92 Å². The molecule has 0 aliphatic rings. The molecule has 0 fully saturated rings. The molecule has 1 rings (SSSR count). The highest BCUT2D eigenvalue weighted by Crippen LogP contribution is 2.22. The van der Waals surface area contributed by atoms with Crippen LogP contribution in [0.15, 0.2) is 24.3 Å². The fourth-order valence-electron chi connectivity index (χ4n) is 1.70. The molecule has 94 valence electrons. The summed E-state index contributed by atoms with van der Waals surface area (Å²) >= 11 is 5.99. The van der Waals surface area contributed by atoms with Gasteiger partial charge in [0.05, 0.1) is 12.0 Å². The Balaban J connectivity index is 2.74. The summed E-state index contributed by atoms with van der Waals surface area (Å²) in [4.78, 5) is 11.1. The first kappa shape index (κ1) is 14.0. The lowest BCUT2D eigenvalue weighted by atomic mass is 9.93. The summed E-state index contributed by atoms with van der Waals surface area (Å²) < 4.78 is 0. The molecule has 0 heterocycles. The van der Waals surface area contributed by atoms with Crippen LogP contribution in [-0.4, -0.2) is 22.3 Å². The van der Waals surface area contributed by atoms with Gasteiger partial charge in [0.25, 0.3) is 0 Å². The average Bonchev–Trinajstić information content (AvgIpc) is 2.30. The van der Waals surface area contributed by atoms with Crippen molar-refractivity contribution in [2.75, 3.05) is 0 Å². The minimum Gasteiger partial charge on any atom is -0.481 e. The van der Waals surface area contributed by atoms with Gasteiger partial charge in [0.15, 0.2) is 0 Å². The van der Waals surface area contributed by atoms with Gasteiger partial charge in [-0.05, 0) is 30.9 Å². The van der Waals surface area contributed by atoms with Crippen molar-refractivity contribution in [3.8, 4) is 0 Å². The number of aliphatic carboxylic acids is 1. The molecule has 0 amide bonds. The zero-order valence-electron chi connectivity index (χ0n) is 9.77. The van der Waals surface area contributed by atoms with Crippen molar-refractivity contribution < 1.29 is 15.0 Å². The van der Waals surface area contributed by atoms with Gasteiger partial charge in [-0.25, -0.2) is 0 Å². The number of rotatable bonds is 6. The zero-order valence-corrected chi connectivity index (χ0v) is 10.5. The summed E-state index contributed by atoms with van der Waals surface area (Å²) in [5.41, 5.74) is 0.810. The highest BCUT2D eigenvalue weighted by Gasteiger charge is 2.21. The second kappa shape index (κ2) is 6.62. The van der Waals surface area contributed by atoms with Crippen LogP contribution in [0.3, 0.4) is 0 Å². The summed E-state index contributed by atoms with van der Waals surface area (Å²) in [5.74, 6) is -1.48. The quantitative estimate of drug-likeness (QED) is 0.823. The summed E-state index contributed by atoms with van der Waals surface area (Å²) in [5, 5.41) is 19.2. The molecule has 0 bridgehead atoms. The van der Waals surface area contributed by atoms with Gasteiger partial charge in [-0.15, -0.1) is 0 Å². The molecular weight excluding hydrogens is 240 g/mol. The fraction of sp³-hybridized carbons (Fsp3) is 0.462. The van der Waals surface area contributed by atoms with E-state index in [1.165, 1.54) is 0 Å². The van der Waals surface area contributed by atoms with Crippen molar-refractivity contribution in [3.63, 3.8) is 0 Å². The van der Waals surface area contributed by atoms with Gasteiger partial charge in [-0.3, -0.25) is 4.79 Å². The lowest BCUT2D eigenvalue weighted by Gasteiger charge is -2.16. The molecule has 4 heteroatoms. The number of benzene rings is 1. The highest BCUT2D eigenvalue weighted by atomic mass is 35.5. The summed E-state index contributed by atoms with van der Waals surface area (Å²) in [6, 6.07) is 7.20. The molecule has 0 saturated heterocycles. The third-order valence-corrected chi connectivity index (χ3v) is 3.17. The molecule has 2 N–H and O–H groups in total. The van der Waals surface area contributed by atoms with Crippen molar-refractivity contribution in [3.05, 3.63) is 34.9 Å². The van der Waals surface area contributed by atoms with E-state index in [0.29, 0.717) is 17.9 Å². The Hall–Kier alpha value is -1.06. The first-order chi connectivity index (χ1) is 8.04. The summed E-state index contributed by atoms with van der Waals surface area (Å²) in [7, 11) is 0.